The summed E-state index contributed by atoms with van der Waals surface area (Å²) in [7, 11) is 0. The summed E-state index contributed by atoms with van der Waals surface area (Å²) in [6.45, 7) is 0. The largest absolute Gasteiger partial charge is 0.248 e. The van der Waals surface area contributed by atoms with Crippen LogP contribution in [-0.4, -0.2) is 4.98 Å². The zero-order valence-corrected chi connectivity index (χ0v) is 11.9. The molecular weight excluding hydrogens is 254 g/mol. The molecule has 3 aliphatic carbocycles. The summed E-state index contributed by atoms with van der Waals surface area (Å²) in [6.07, 6.45) is 4.08. The van der Waals surface area contributed by atoms with Crippen LogP contribution in [0.2, 0.25) is 0 Å². The fourth-order valence-electron chi connectivity index (χ4n) is 4.11. The minimum Gasteiger partial charge on any atom is -0.248 e. The lowest BCUT2D eigenvalue weighted by molar-refractivity contribution is 0.239. The van der Waals surface area contributed by atoms with Gasteiger partial charge in [-0.25, -0.2) is 4.98 Å². The summed E-state index contributed by atoms with van der Waals surface area (Å²) in [6, 6.07) is 19.5. The minimum atomic E-state index is 0.831. The van der Waals surface area contributed by atoms with Crippen LogP contribution in [0.5, 0.6) is 0 Å². The molecule has 0 unspecified atom stereocenters. The van der Waals surface area contributed by atoms with Crippen LogP contribution >= 0.6 is 0 Å². The maximum absolute atomic E-state index is 4.89. The van der Waals surface area contributed by atoms with Crippen LogP contribution in [-0.2, 0) is 6.42 Å². The Morgan fingerprint density at radius 2 is 1.71 bits per heavy atom. The summed E-state index contributed by atoms with van der Waals surface area (Å²) >= 11 is 0. The molecule has 21 heavy (non-hydrogen) atoms. The molecule has 1 heteroatoms. The fraction of sp³-hybridized carbons (Fsp3) is 0.250. The number of aromatic nitrogens is 1. The van der Waals surface area contributed by atoms with Crippen molar-refractivity contribution in [1.29, 1.82) is 0 Å². The van der Waals surface area contributed by atoms with E-state index >= 15 is 0 Å². The molecule has 0 saturated heterocycles. The Bertz CT molecular complexity index is 829. The maximum atomic E-state index is 4.89. The van der Waals surface area contributed by atoms with Crippen LogP contribution in [0, 0.1) is 5.92 Å². The Morgan fingerprint density at radius 1 is 0.857 bits per heavy atom. The van der Waals surface area contributed by atoms with Crippen LogP contribution < -0.4 is 0 Å². The number of nitrogens with zero attached hydrogens (tertiary/aromatic N) is 1. The van der Waals surface area contributed by atoms with Crippen LogP contribution in [0.15, 0.2) is 54.6 Å². The highest BCUT2D eigenvalue weighted by Crippen LogP contribution is 2.51. The Balaban J connectivity index is 1.69. The van der Waals surface area contributed by atoms with Crippen molar-refractivity contribution >= 4 is 10.9 Å². The van der Waals surface area contributed by atoms with Gasteiger partial charge in [0.2, 0.25) is 0 Å². The molecule has 3 aromatic rings. The average molecular weight is 271 g/mol. The van der Waals surface area contributed by atoms with E-state index in [1.165, 1.54) is 30.2 Å². The van der Waals surface area contributed by atoms with E-state index in [9.17, 15) is 0 Å². The second kappa shape index (κ2) is 4.17. The molecule has 102 valence electrons. The third-order valence-corrected chi connectivity index (χ3v) is 5.26. The quantitative estimate of drug-likeness (QED) is 0.610. The standard InChI is InChI=1S/C20H17N/c1-2-4-14(5-3-1)19-8-7-17-18-12-13-10-15(11-13)16(18)6-9-20(17)21-19/h1-9,13,15H,10-12H2. The number of hydrogen-bond acceptors (Lipinski definition) is 1. The van der Waals surface area contributed by atoms with Crippen LogP contribution in [0.25, 0.3) is 22.2 Å². The lowest BCUT2D eigenvalue weighted by Crippen LogP contribution is -2.30. The van der Waals surface area contributed by atoms with Gasteiger partial charge in [-0.05, 0) is 54.4 Å². The molecule has 1 saturated carbocycles. The van der Waals surface area contributed by atoms with Gasteiger partial charge in [0.25, 0.3) is 0 Å². The molecule has 0 aliphatic heterocycles. The number of rotatable bonds is 1. The molecule has 0 radical (unpaired) electrons. The predicted molar refractivity (Wildman–Crippen MR) is 86.3 cm³/mol. The third kappa shape index (κ3) is 1.67. The highest BCUT2D eigenvalue weighted by atomic mass is 14.7. The van der Waals surface area contributed by atoms with Crippen molar-refractivity contribution in [3.8, 4) is 11.3 Å². The average Bonchev–Trinajstić information content (AvgIpc) is 2.53. The predicted octanol–water partition coefficient (Wildman–Crippen LogP) is 4.95. The van der Waals surface area contributed by atoms with E-state index in [0.717, 1.165) is 23.0 Å². The van der Waals surface area contributed by atoms with Crippen molar-refractivity contribution in [2.75, 3.05) is 0 Å². The highest BCUT2D eigenvalue weighted by molar-refractivity contribution is 5.86. The van der Waals surface area contributed by atoms with E-state index in [0.29, 0.717) is 0 Å². The van der Waals surface area contributed by atoms with E-state index in [1.807, 2.05) is 6.07 Å². The first-order chi connectivity index (χ1) is 10.4. The van der Waals surface area contributed by atoms with Crippen molar-refractivity contribution < 1.29 is 0 Å². The number of hydrogen-bond donors (Lipinski definition) is 0. The fourth-order valence-corrected chi connectivity index (χ4v) is 4.11. The van der Waals surface area contributed by atoms with Crippen LogP contribution in [0.1, 0.15) is 29.9 Å². The molecule has 0 spiro atoms. The van der Waals surface area contributed by atoms with Gasteiger partial charge < -0.3 is 0 Å². The maximum Gasteiger partial charge on any atom is 0.0712 e. The molecule has 3 aliphatic rings. The van der Waals surface area contributed by atoms with E-state index in [2.05, 4.69) is 48.5 Å². The molecule has 0 atom stereocenters. The van der Waals surface area contributed by atoms with Crippen molar-refractivity contribution in [3.63, 3.8) is 0 Å². The molecule has 1 aromatic heterocycles. The van der Waals surface area contributed by atoms with Crippen molar-refractivity contribution in [1.82, 2.24) is 4.98 Å². The first kappa shape index (κ1) is 11.5. The van der Waals surface area contributed by atoms with Crippen molar-refractivity contribution in [2.24, 2.45) is 5.92 Å². The van der Waals surface area contributed by atoms with Gasteiger partial charge in [0.15, 0.2) is 0 Å². The monoisotopic (exact) mass is 271 g/mol. The summed E-state index contributed by atoms with van der Waals surface area (Å²) in [4.78, 5) is 4.89. The van der Waals surface area contributed by atoms with E-state index in [1.54, 1.807) is 11.1 Å². The van der Waals surface area contributed by atoms with Gasteiger partial charge in [-0.2, -0.15) is 0 Å². The zero-order chi connectivity index (χ0) is 13.8. The van der Waals surface area contributed by atoms with E-state index in [4.69, 9.17) is 4.98 Å². The summed E-state index contributed by atoms with van der Waals surface area (Å²) < 4.78 is 0. The first-order valence-electron chi connectivity index (χ1n) is 7.86. The van der Waals surface area contributed by atoms with Crippen LogP contribution in [0.3, 0.4) is 0 Å². The Morgan fingerprint density at radius 3 is 2.57 bits per heavy atom. The van der Waals surface area contributed by atoms with E-state index in [-0.39, 0.29) is 0 Å². The molecule has 0 N–H and O–H groups in total. The van der Waals surface area contributed by atoms with Gasteiger partial charge in [0, 0.05) is 10.9 Å². The minimum absolute atomic E-state index is 0.831. The van der Waals surface area contributed by atoms with Gasteiger partial charge in [-0.3, -0.25) is 0 Å². The molecule has 0 amide bonds. The Kier molecular flexibility index (Phi) is 2.29. The van der Waals surface area contributed by atoms with Crippen molar-refractivity contribution in [2.45, 2.75) is 25.2 Å². The molecule has 2 bridgehead atoms. The molecule has 1 heterocycles. The number of fused-ring (bicyclic) bond motifs is 1. The van der Waals surface area contributed by atoms with Crippen LogP contribution in [0.4, 0.5) is 0 Å². The SMILES string of the molecule is c1ccc(-c2ccc3c4c(ccc3n2)C2CC(C4)C2)cc1. The lowest BCUT2D eigenvalue weighted by Gasteiger charge is -2.43. The molecular formula is C20H17N. The zero-order valence-electron chi connectivity index (χ0n) is 11.9. The van der Waals surface area contributed by atoms with Crippen molar-refractivity contribution in [3.05, 3.63) is 65.7 Å². The number of pyridine rings is 1. The smallest absolute Gasteiger partial charge is 0.0712 e. The van der Waals surface area contributed by atoms with Gasteiger partial charge >= 0.3 is 0 Å². The van der Waals surface area contributed by atoms with Gasteiger partial charge in [-0.15, -0.1) is 0 Å². The molecule has 1 fully saturated rings. The van der Waals surface area contributed by atoms with Gasteiger partial charge in [0.1, 0.15) is 0 Å². The van der Waals surface area contributed by atoms with E-state index < -0.39 is 0 Å². The number of benzene rings is 2. The normalized spacial score (nSPS) is 22.7. The third-order valence-electron chi connectivity index (χ3n) is 5.26. The summed E-state index contributed by atoms with van der Waals surface area (Å²) in [5.41, 5.74) is 6.59. The second-order valence-corrected chi connectivity index (χ2v) is 6.50. The lowest BCUT2D eigenvalue weighted by atomic mass is 9.62. The first-order valence-corrected chi connectivity index (χ1v) is 7.86. The Labute approximate surface area is 124 Å². The molecule has 6 rings (SSSR count). The Hall–Kier alpha value is -2.15. The highest BCUT2D eigenvalue weighted by Gasteiger charge is 2.37. The molecule has 1 nitrogen and oxygen atoms in total. The summed E-state index contributed by atoms with van der Waals surface area (Å²) in [5, 5.41) is 1.38. The second-order valence-electron chi connectivity index (χ2n) is 6.50. The van der Waals surface area contributed by atoms with Gasteiger partial charge in [0.05, 0.1) is 11.2 Å². The van der Waals surface area contributed by atoms with Gasteiger partial charge in [-0.1, -0.05) is 42.5 Å². The topological polar surface area (TPSA) is 12.9 Å². The summed E-state index contributed by atoms with van der Waals surface area (Å²) in [5.74, 6) is 1.76. The molecule has 2 aromatic carbocycles.